The molecule has 0 bridgehead atoms. The van der Waals surface area contributed by atoms with Crippen LogP contribution in [-0.4, -0.2) is 19.3 Å². The quantitative estimate of drug-likeness (QED) is 0.839. The SMILES string of the molecule is NCC(COc1ccc(F)c(F)c1)C(F)(F)F. The maximum atomic E-state index is 12.7. The molecule has 0 aliphatic heterocycles. The summed E-state index contributed by atoms with van der Waals surface area (Å²) in [5.74, 6) is -4.29. The highest BCUT2D eigenvalue weighted by Gasteiger charge is 2.39. The molecule has 0 aromatic heterocycles. The molecule has 1 atom stereocenters. The summed E-state index contributed by atoms with van der Waals surface area (Å²) >= 11 is 0. The van der Waals surface area contributed by atoms with E-state index in [0.717, 1.165) is 12.1 Å². The van der Waals surface area contributed by atoms with E-state index >= 15 is 0 Å². The first-order valence-electron chi connectivity index (χ1n) is 4.69. The molecule has 0 saturated carbocycles. The lowest BCUT2D eigenvalue weighted by molar-refractivity contribution is -0.178. The average molecular weight is 255 g/mol. The van der Waals surface area contributed by atoms with Crippen LogP contribution in [0.2, 0.25) is 0 Å². The van der Waals surface area contributed by atoms with Gasteiger partial charge in [0.05, 0.1) is 0 Å². The minimum Gasteiger partial charge on any atom is -0.493 e. The van der Waals surface area contributed by atoms with Gasteiger partial charge < -0.3 is 10.5 Å². The Kier molecular flexibility index (Phi) is 4.28. The number of ether oxygens (including phenoxy) is 1. The maximum absolute atomic E-state index is 12.7. The summed E-state index contributed by atoms with van der Waals surface area (Å²) in [7, 11) is 0. The van der Waals surface area contributed by atoms with Crippen LogP contribution < -0.4 is 10.5 Å². The minimum atomic E-state index is -4.48. The Bertz CT molecular complexity index is 379. The molecule has 1 rings (SSSR count). The number of rotatable bonds is 4. The Labute approximate surface area is 94.2 Å². The Morgan fingerprint density at radius 3 is 2.29 bits per heavy atom. The summed E-state index contributed by atoms with van der Waals surface area (Å²) in [4.78, 5) is 0. The Hall–Kier alpha value is -1.37. The van der Waals surface area contributed by atoms with E-state index < -0.39 is 36.9 Å². The van der Waals surface area contributed by atoms with Crippen LogP contribution in [-0.2, 0) is 0 Å². The van der Waals surface area contributed by atoms with Crippen molar-refractivity contribution in [3.8, 4) is 5.75 Å². The van der Waals surface area contributed by atoms with Crippen molar-refractivity contribution < 1.29 is 26.7 Å². The van der Waals surface area contributed by atoms with Crippen LogP contribution in [0.1, 0.15) is 0 Å². The monoisotopic (exact) mass is 255 g/mol. The van der Waals surface area contributed by atoms with Crippen LogP contribution in [0, 0.1) is 17.6 Å². The fourth-order valence-electron chi connectivity index (χ4n) is 1.06. The Balaban J connectivity index is 2.63. The van der Waals surface area contributed by atoms with E-state index in [4.69, 9.17) is 10.5 Å². The first kappa shape index (κ1) is 13.7. The van der Waals surface area contributed by atoms with Crippen molar-refractivity contribution in [1.82, 2.24) is 0 Å². The molecular weight excluding hydrogens is 245 g/mol. The third-order valence-electron chi connectivity index (χ3n) is 2.09. The van der Waals surface area contributed by atoms with E-state index in [1.54, 1.807) is 0 Å². The normalized spacial score (nSPS) is 13.5. The Morgan fingerprint density at radius 2 is 1.82 bits per heavy atom. The third-order valence-corrected chi connectivity index (χ3v) is 2.09. The van der Waals surface area contributed by atoms with E-state index in [-0.39, 0.29) is 5.75 Å². The van der Waals surface area contributed by atoms with Gasteiger partial charge in [0.1, 0.15) is 18.3 Å². The molecule has 0 spiro atoms. The topological polar surface area (TPSA) is 35.2 Å². The van der Waals surface area contributed by atoms with Crippen molar-refractivity contribution in [2.75, 3.05) is 13.2 Å². The number of benzene rings is 1. The van der Waals surface area contributed by atoms with E-state index in [2.05, 4.69) is 0 Å². The molecular formula is C10H10F5NO. The van der Waals surface area contributed by atoms with Gasteiger partial charge in [0, 0.05) is 12.6 Å². The van der Waals surface area contributed by atoms with E-state index in [9.17, 15) is 22.0 Å². The molecule has 0 fully saturated rings. The standard InChI is InChI=1S/C10H10F5NO/c11-8-2-1-7(3-9(8)12)17-5-6(4-16)10(13,14)15/h1-3,6H,4-5,16H2. The lowest BCUT2D eigenvalue weighted by Gasteiger charge is -2.18. The van der Waals surface area contributed by atoms with Gasteiger partial charge in [-0.05, 0) is 12.1 Å². The van der Waals surface area contributed by atoms with Crippen LogP contribution in [0.25, 0.3) is 0 Å². The fraction of sp³-hybridized carbons (Fsp3) is 0.400. The summed E-state index contributed by atoms with van der Waals surface area (Å²) in [6, 6.07) is 2.50. The molecule has 0 heterocycles. The van der Waals surface area contributed by atoms with Crippen molar-refractivity contribution in [3.05, 3.63) is 29.8 Å². The second-order valence-corrected chi connectivity index (χ2v) is 3.36. The van der Waals surface area contributed by atoms with Crippen molar-refractivity contribution in [2.45, 2.75) is 6.18 Å². The molecule has 2 nitrogen and oxygen atoms in total. The number of hydrogen-bond acceptors (Lipinski definition) is 2. The van der Waals surface area contributed by atoms with E-state index in [0.29, 0.717) is 6.07 Å². The van der Waals surface area contributed by atoms with Crippen molar-refractivity contribution in [2.24, 2.45) is 11.7 Å². The summed E-state index contributed by atoms with van der Waals surface area (Å²) in [6.07, 6.45) is -4.48. The van der Waals surface area contributed by atoms with E-state index in [1.165, 1.54) is 0 Å². The molecule has 7 heteroatoms. The van der Waals surface area contributed by atoms with Crippen LogP contribution >= 0.6 is 0 Å². The summed E-state index contributed by atoms with van der Waals surface area (Å²) in [5.41, 5.74) is 4.94. The highest BCUT2D eigenvalue weighted by Crippen LogP contribution is 2.26. The van der Waals surface area contributed by atoms with Gasteiger partial charge in [0.2, 0.25) is 0 Å². The molecule has 1 aromatic rings. The van der Waals surface area contributed by atoms with Gasteiger partial charge in [-0.15, -0.1) is 0 Å². The number of alkyl halides is 3. The zero-order valence-electron chi connectivity index (χ0n) is 8.60. The van der Waals surface area contributed by atoms with Crippen LogP contribution in [0.4, 0.5) is 22.0 Å². The molecule has 17 heavy (non-hydrogen) atoms. The van der Waals surface area contributed by atoms with Gasteiger partial charge in [-0.3, -0.25) is 0 Å². The smallest absolute Gasteiger partial charge is 0.396 e. The first-order chi connectivity index (χ1) is 7.84. The number of hydrogen-bond donors (Lipinski definition) is 1. The highest BCUT2D eigenvalue weighted by molar-refractivity contribution is 5.23. The minimum absolute atomic E-state index is 0.174. The lowest BCUT2D eigenvalue weighted by atomic mass is 10.1. The predicted octanol–water partition coefficient (Wildman–Crippen LogP) is 2.48. The third kappa shape index (κ3) is 3.85. The number of halogens is 5. The predicted molar refractivity (Wildman–Crippen MR) is 50.5 cm³/mol. The number of nitrogens with two attached hydrogens (primary N) is 1. The van der Waals surface area contributed by atoms with Gasteiger partial charge in [-0.2, -0.15) is 13.2 Å². The van der Waals surface area contributed by atoms with Crippen LogP contribution in [0.15, 0.2) is 18.2 Å². The van der Waals surface area contributed by atoms with Crippen LogP contribution in [0.5, 0.6) is 5.75 Å². The largest absolute Gasteiger partial charge is 0.493 e. The molecule has 0 aliphatic carbocycles. The molecule has 0 amide bonds. The van der Waals surface area contributed by atoms with Crippen molar-refractivity contribution in [1.29, 1.82) is 0 Å². The average Bonchev–Trinajstić information content (AvgIpc) is 2.22. The molecule has 0 saturated heterocycles. The lowest BCUT2D eigenvalue weighted by Crippen LogP contribution is -2.35. The zero-order valence-corrected chi connectivity index (χ0v) is 8.60. The second-order valence-electron chi connectivity index (χ2n) is 3.36. The van der Waals surface area contributed by atoms with E-state index in [1.807, 2.05) is 0 Å². The molecule has 1 aromatic carbocycles. The summed E-state index contributed by atoms with van der Waals surface area (Å²) < 4.78 is 66.8. The van der Waals surface area contributed by atoms with Gasteiger partial charge in [0.15, 0.2) is 11.6 Å². The molecule has 0 radical (unpaired) electrons. The van der Waals surface area contributed by atoms with Crippen molar-refractivity contribution in [3.63, 3.8) is 0 Å². The first-order valence-corrected chi connectivity index (χ1v) is 4.69. The molecule has 96 valence electrons. The highest BCUT2D eigenvalue weighted by atomic mass is 19.4. The van der Waals surface area contributed by atoms with Crippen molar-refractivity contribution >= 4 is 0 Å². The second kappa shape index (κ2) is 5.31. The molecule has 2 N–H and O–H groups in total. The summed E-state index contributed by atoms with van der Waals surface area (Å²) in [5, 5.41) is 0. The Morgan fingerprint density at radius 1 is 1.18 bits per heavy atom. The van der Waals surface area contributed by atoms with Gasteiger partial charge >= 0.3 is 6.18 Å². The fourth-order valence-corrected chi connectivity index (χ4v) is 1.06. The summed E-state index contributed by atoms with van der Waals surface area (Å²) in [6.45, 7) is -1.36. The zero-order chi connectivity index (χ0) is 13.1. The van der Waals surface area contributed by atoms with Crippen LogP contribution in [0.3, 0.4) is 0 Å². The van der Waals surface area contributed by atoms with Gasteiger partial charge in [-0.25, -0.2) is 8.78 Å². The molecule has 1 unspecified atom stereocenters. The maximum Gasteiger partial charge on any atom is 0.396 e. The van der Waals surface area contributed by atoms with Gasteiger partial charge in [-0.1, -0.05) is 0 Å². The molecule has 0 aliphatic rings. The van der Waals surface area contributed by atoms with Gasteiger partial charge in [0.25, 0.3) is 0 Å².